The number of hydrogen-bond donors (Lipinski definition) is 0. The van der Waals surface area contributed by atoms with Crippen molar-refractivity contribution in [1.82, 2.24) is 4.90 Å². The largest absolute Gasteiger partial charge is 0.444 e. The number of carbonyl (C=O) groups excluding carboxylic acids is 1. The van der Waals surface area contributed by atoms with Crippen molar-refractivity contribution in [2.45, 2.75) is 70.0 Å². The molecule has 2 bridgehead atoms. The second-order valence-corrected chi connectivity index (χ2v) is 10.2. The lowest BCUT2D eigenvalue weighted by atomic mass is 9.60. The van der Waals surface area contributed by atoms with Crippen molar-refractivity contribution in [1.29, 1.82) is 0 Å². The molecule has 5 heteroatoms. The Kier molecular flexibility index (Phi) is 4.58. The van der Waals surface area contributed by atoms with E-state index in [2.05, 4.69) is 49.4 Å². The van der Waals surface area contributed by atoms with Gasteiger partial charge in [-0.05, 0) is 70.1 Å². The maximum absolute atomic E-state index is 13.4. The molecule has 4 nitrogen and oxygen atoms in total. The van der Waals surface area contributed by atoms with Crippen LogP contribution in [0.25, 0.3) is 0 Å². The average molecular weight is 412 g/mol. The van der Waals surface area contributed by atoms with Gasteiger partial charge in [-0.25, -0.2) is 4.79 Å². The van der Waals surface area contributed by atoms with Gasteiger partial charge < -0.3 is 9.64 Å². The van der Waals surface area contributed by atoms with Crippen LogP contribution in [0.4, 0.5) is 10.5 Å². The molecule has 2 radical (unpaired) electrons. The fraction of sp³-hybridized carbons (Fsp3) is 0.462. The standard InChI is InChI=1S/C26H29BN2O2/c1-16-10-13-21-20(14-16)22(17-8-6-5-7-9-17)23(28-21)26(27)18-11-12-19(15-18)29(26)24(30)31-25(2,3)4/h5-10,13-14,18-19,22H,11-12,15H2,1-4H3/t18-,19+,22?,26-/m0/s1. The number of carbonyl (C=O) groups is 1. The number of likely N-dealkylation sites (tertiary alicyclic amines) is 1. The van der Waals surface area contributed by atoms with E-state index < -0.39 is 11.0 Å². The molecule has 3 aliphatic rings. The highest BCUT2D eigenvalue weighted by Gasteiger charge is 2.60. The number of fused-ring (bicyclic) bond motifs is 3. The summed E-state index contributed by atoms with van der Waals surface area (Å²) in [5.41, 5.74) is 3.82. The van der Waals surface area contributed by atoms with Gasteiger partial charge in [-0.3, -0.25) is 4.99 Å². The molecule has 4 atom stereocenters. The van der Waals surface area contributed by atoms with Crippen LogP contribution >= 0.6 is 0 Å². The van der Waals surface area contributed by atoms with Gasteiger partial charge in [0, 0.05) is 17.2 Å². The number of piperidine rings is 1. The first kappa shape index (κ1) is 20.4. The number of aliphatic imine (C=N–C) groups is 1. The third kappa shape index (κ3) is 3.21. The summed E-state index contributed by atoms with van der Waals surface area (Å²) in [5.74, 6) is 0.121. The Morgan fingerprint density at radius 1 is 1.16 bits per heavy atom. The molecule has 0 aromatic heterocycles. The number of amides is 1. The molecule has 158 valence electrons. The van der Waals surface area contributed by atoms with Crippen molar-refractivity contribution >= 4 is 25.3 Å². The summed E-state index contributed by atoms with van der Waals surface area (Å²) in [6, 6.07) is 16.9. The molecule has 1 amide bonds. The molecule has 2 aromatic carbocycles. The minimum absolute atomic E-state index is 0.0645. The van der Waals surface area contributed by atoms with Crippen LogP contribution in [0.1, 0.15) is 62.6 Å². The minimum Gasteiger partial charge on any atom is -0.444 e. The van der Waals surface area contributed by atoms with Crippen molar-refractivity contribution < 1.29 is 9.53 Å². The van der Waals surface area contributed by atoms with Crippen LogP contribution in [-0.2, 0) is 4.74 Å². The first-order valence-electron chi connectivity index (χ1n) is 11.2. The highest BCUT2D eigenvalue weighted by atomic mass is 16.6. The predicted octanol–water partition coefficient (Wildman–Crippen LogP) is 5.50. The van der Waals surface area contributed by atoms with Gasteiger partial charge in [0.25, 0.3) is 0 Å². The van der Waals surface area contributed by atoms with Crippen molar-refractivity contribution in [3.63, 3.8) is 0 Å². The SMILES string of the molecule is [B][C@@]1(C2=Nc3ccc(C)cc3C2c2ccccc2)[C@H]2CC[C@H](C2)N1C(=O)OC(C)(C)C. The van der Waals surface area contributed by atoms with Crippen LogP contribution in [0.3, 0.4) is 0 Å². The zero-order valence-corrected chi connectivity index (χ0v) is 18.8. The molecular formula is C26H29BN2O2. The summed E-state index contributed by atoms with van der Waals surface area (Å²) in [6.45, 7) is 7.80. The normalized spacial score (nSPS) is 29.1. The third-order valence-corrected chi connectivity index (χ3v) is 6.93. The zero-order valence-electron chi connectivity index (χ0n) is 18.8. The Bertz CT molecular complexity index is 1060. The van der Waals surface area contributed by atoms with Crippen molar-refractivity contribution in [2.75, 3.05) is 0 Å². The number of nitrogens with zero attached hydrogens (tertiary/aromatic N) is 2. The molecule has 2 aromatic rings. The van der Waals surface area contributed by atoms with Gasteiger partial charge in [-0.1, -0.05) is 48.0 Å². The van der Waals surface area contributed by atoms with Crippen molar-refractivity contribution in [3.05, 3.63) is 65.2 Å². The quantitative estimate of drug-likeness (QED) is 0.612. The third-order valence-electron chi connectivity index (χ3n) is 6.93. The Morgan fingerprint density at radius 2 is 1.90 bits per heavy atom. The van der Waals surface area contributed by atoms with Crippen LogP contribution in [0.15, 0.2) is 53.5 Å². The van der Waals surface area contributed by atoms with E-state index in [9.17, 15) is 4.79 Å². The van der Waals surface area contributed by atoms with Gasteiger partial charge >= 0.3 is 6.09 Å². The fourth-order valence-corrected chi connectivity index (χ4v) is 5.69. The number of hydrogen-bond acceptors (Lipinski definition) is 3. The average Bonchev–Trinajstić information content (AvgIpc) is 3.39. The van der Waals surface area contributed by atoms with Crippen LogP contribution < -0.4 is 0 Å². The maximum Gasteiger partial charge on any atom is 0.410 e. The van der Waals surface area contributed by atoms with E-state index in [-0.39, 0.29) is 24.0 Å². The maximum atomic E-state index is 13.4. The smallest absolute Gasteiger partial charge is 0.410 e. The van der Waals surface area contributed by atoms with Crippen LogP contribution in [0.5, 0.6) is 0 Å². The minimum atomic E-state index is -0.946. The van der Waals surface area contributed by atoms with E-state index in [0.29, 0.717) is 0 Å². The second-order valence-electron chi connectivity index (χ2n) is 10.2. The fourth-order valence-electron chi connectivity index (χ4n) is 5.69. The molecule has 2 fully saturated rings. The van der Waals surface area contributed by atoms with Crippen LogP contribution in [0, 0.1) is 12.8 Å². The molecule has 1 saturated heterocycles. The van der Waals surface area contributed by atoms with E-state index in [0.717, 1.165) is 41.8 Å². The highest BCUT2D eigenvalue weighted by Crippen LogP contribution is 2.54. The summed E-state index contributed by atoms with van der Waals surface area (Å²) < 4.78 is 5.82. The number of aryl methyl sites for hydroxylation is 1. The van der Waals surface area contributed by atoms with Gasteiger partial charge in [-0.15, -0.1) is 0 Å². The Balaban J connectivity index is 1.63. The molecule has 0 N–H and O–H groups in total. The summed E-state index contributed by atoms with van der Waals surface area (Å²) in [4.78, 5) is 20.3. The van der Waals surface area contributed by atoms with Gasteiger partial charge in [0.2, 0.25) is 0 Å². The van der Waals surface area contributed by atoms with E-state index in [1.807, 2.05) is 31.7 Å². The van der Waals surface area contributed by atoms with Crippen LogP contribution in [0.2, 0.25) is 0 Å². The molecule has 1 aliphatic carbocycles. The lowest BCUT2D eigenvalue weighted by molar-refractivity contribution is 0.00943. The molecule has 2 aliphatic heterocycles. The molecule has 2 heterocycles. The number of rotatable bonds is 2. The molecule has 1 unspecified atom stereocenters. The molecular weight excluding hydrogens is 383 g/mol. The Hall–Kier alpha value is -2.56. The first-order valence-corrected chi connectivity index (χ1v) is 11.2. The summed E-state index contributed by atoms with van der Waals surface area (Å²) in [6.07, 6.45) is 2.56. The first-order chi connectivity index (χ1) is 14.7. The summed E-state index contributed by atoms with van der Waals surface area (Å²) in [5, 5.41) is 0. The molecule has 0 spiro atoms. The summed E-state index contributed by atoms with van der Waals surface area (Å²) >= 11 is 0. The summed E-state index contributed by atoms with van der Waals surface area (Å²) in [7, 11) is 7.25. The van der Waals surface area contributed by atoms with Gasteiger partial charge in [0.15, 0.2) is 0 Å². The second kappa shape index (κ2) is 6.98. The number of benzene rings is 2. The Morgan fingerprint density at radius 3 is 2.61 bits per heavy atom. The van der Waals surface area contributed by atoms with E-state index >= 15 is 0 Å². The predicted molar refractivity (Wildman–Crippen MR) is 124 cm³/mol. The van der Waals surface area contributed by atoms with Crippen LogP contribution in [-0.4, -0.2) is 41.6 Å². The lowest BCUT2D eigenvalue weighted by Gasteiger charge is -2.46. The zero-order chi connectivity index (χ0) is 22.0. The van der Waals surface area contributed by atoms with E-state index in [4.69, 9.17) is 17.6 Å². The van der Waals surface area contributed by atoms with E-state index in [1.165, 1.54) is 5.56 Å². The monoisotopic (exact) mass is 412 g/mol. The van der Waals surface area contributed by atoms with Crippen molar-refractivity contribution in [2.24, 2.45) is 10.9 Å². The van der Waals surface area contributed by atoms with Gasteiger partial charge in [-0.2, -0.15) is 0 Å². The number of ether oxygens (including phenoxy) is 1. The van der Waals surface area contributed by atoms with E-state index in [1.54, 1.807) is 0 Å². The van der Waals surface area contributed by atoms with Crippen molar-refractivity contribution in [3.8, 4) is 0 Å². The molecule has 5 rings (SSSR count). The lowest BCUT2D eigenvalue weighted by Crippen LogP contribution is -2.62. The topological polar surface area (TPSA) is 41.9 Å². The molecule has 1 saturated carbocycles. The molecule has 31 heavy (non-hydrogen) atoms. The Labute approximate surface area is 186 Å². The van der Waals surface area contributed by atoms with Gasteiger partial charge in [0.05, 0.1) is 11.6 Å². The van der Waals surface area contributed by atoms with Gasteiger partial charge in [0.1, 0.15) is 13.4 Å². The highest BCUT2D eigenvalue weighted by molar-refractivity contribution is 6.34.